The van der Waals surface area contributed by atoms with E-state index in [0.717, 1.165) is 47.2 Å². The molecule has 0 saturated carbocycles. The number of benzene rings is 10. The lowest BCUT2D eigenvalue weighted by molar-refractivity contribution is 0.474. The first-order valence-electron chi connectivity index (χ1n) is 22.4. The summed E-state index contributed by atoms with van der Waals surface area (Å²) in [6.45, 7) is 0. The van der Waals surface area contributed by atoms with E-state index in [0.29, 0.717) is 0 Å². The molecule has 1 unspecified atom stereocenters. The number of halogens is 3. The molecule has 0 aromatic heterocycles. The van der Waals surface area contributed by atoms with Gasteiger partial charge in [0.15, 0.2) is 0 Å². The van der Waals surface area contributed by atoms with Crippen LogP contribution in [0.4, 0.5) is 0 Å². The smallest absolute Gasteiger partial charge is 0.127 e. The lowest BCUT2D eigenvalue weighted by atomic mass is 9.68. The van der Waals surface area contributed by atoms with Crippen LogP contribution in [0.15, 0.2) is 256 Å². The van der Waals surface area contributed by atoms with Gasteiger partial charge in [-0.1, -0.05) is 193 Å². The number of aromatic hydroxyl groups is 3. The Bertz CT molecular complexity index is 3350. The number of para-hydroxylation sites is 1. The van der Waals surface area contributed by atoms with Gasteiger partial charge in [0, 0.05) is 13.4 Å². The monoisotopic (exact) mass is 1090 g/mol. The Balaban J connectivity index is 0.000000142. The standard InChI is InChI=1S/C31H21BrO2.C25H17BrO2.C6H5Br/c32-23-14-19-28-27-8-4-5-9-29(27)31(30(28)20-23,21-10-15-24(33)16-11-21)22-12-17-26(18-13-22)34-25-6-2-1-3-7-25;26-18-9-14-22-21-3-1-2-4-23(21)25(24(22)15-18,16-5-10-19(27)11-6-16)17-7-12-20(28)13-8-17;7-6-4-2-1-3-5-6/h1-20,33H;1-15,27-28H;1-5H. The van der Waals surface area contributed by atoms with Crippen molar-refractivity contribution in [3.8, 4) is 51.0 Å². The van der Waals surface area contributed by atoms with E-state index in [9.17, 15) is 15.3 Å². The van der Waals surface area contributed by atoms with Gasteiger partial charge in [0.2, 0.25) is 0 Å². The Kier molecular flexibility index (Phi) is 12.9. The average molecular weight is 1090 g/mol. The van der Waals surface area contributed by atoms with E-state index in [1.165, 1.54) is 44.5 Å². The first-order valence-corrected chi connectivity index (χ1v) is 24.8. The summed E-state index contributed by atoms with van der Waals surface area (Å²) in [5, 5.41) is 29.8. The van der Waals surface area contributed by atoms with Crippen LogP contribution in [0.5, 0.6) is 28.7 Å². The largest absolute Gasteiger partial charge is 0.508 e. The molecule has 0 amide bonds. The van der Waals surface area contributed by atoms with Gasteiger partial charge in [-0.25, -0.2) is 0 Å². The molecule has 0 fully saturated rings. The Morgan fingerprint density at radius 3 is 0.971 bits per heavy atom. The lowest BCUT2D eigenvalue weighted by Crippen LogP contribution is -2.28. The average Bonchev–Trinajstić information content (AvgIpc) is 3.83. The molecule has 10 aromatic carbocycles. The summed E-state index contributed by atoms with van der Waals surface area (Å²) in [4.78, 5) is 0. The summed E-state index contributed by atoms with van der Waals surface area (Å²) >= 11 is 10.7. The van der Waals surface area contributed by atoms with Crippen molar-refractivity contribution >= 4 is 47.8 Å². The molecule has 3 N–H and O–H groups in total. The van der Waals surface area contributed by atoms with Gasteiger partial charge in [0.25, 0.3) is 0 Å². The first-order chi connectivity index (χ1) is 33.7. The SMILES string of the molecule is Brc1ccccc1.Oc1ccc(C2(c3ccc(O)cc3)c3ccccc3-c3ccc(Br)cc32)cc1.Oc1ccc(C2(c3ccc(Oc4ccccc4)cc3)c3ccccc3-c3ccc(Br)cc32)cc1. The molecule has 4 nitrogen and oxygen atoms in total. The molecule has 0 spiro atoms. The van der Waals surface area contributed by atoms with E-state index >= 15 is 0 Å². The third-order valence-corrected chi connectivity index (χ3v) is 14.4. The van der Waals surface area contributed by atoms with Crippen molar-refractivity contribution in [3.05, 3.63) is 301 Å². The highest BCUT2D eigenvalue weighted by molar-refractivity contribution is 9.11. The summed E-state index contributed by atoms with van der Waals surface area (Å²) < 4.78 is 9.25. The number of fused-ring (bicyclic) bond motifs is 6. The molecule has 10 aromatic rings. The zero-order valence-electron chi connectivity index (χ0n) is 37.0. The summed E-state index contributed by atoms with van der Waals surface area (Å²) in [5.41, 5.74) is 13.0. The molecule has 2 aliphatic carbocycles. The molecule has 0 heterocycles. The number of hydrogen-bond donors (Lipinski definition) is 3. The Morgan fingerprint density at radius 2 is 0.594 bits per heavy atom. The maximum atomic E-state index is 10.0. The minimum atomic E-state index is -0.531. The van der Waals surface area contributed by atoms with Crippen LogP contribution in [0.25, 0.3) is 22.3 Å². The van der Waals surface area contributed by atoms with Crippen molar-refractivity contribution in [2.24, 2.45) is 0 Å². The molecule has 0 saturated heterocycles. The van der Waals surface area contributed by atoms with Gasteiger partial charge in [-0.3, -0.25) is 0 Å². The molecular weight excluding hydrogens is 1050 g/mol. The van der Waals surface area contributed by atoms with Crippen LogP contribution in [0, 0.1) is 0 Å². The molecule has 2 aliphatic rings. The van der Waals surface area contributed by atoms with Gasteiger partial charge in [0.05, 0.1) is 10.8 Å². The number of phenolic OH excluding ortho intramolecular Hbond substituents is 3. The molecule has 12 rings (SSSR count). The normalized spacial score (nSPS) is 14.4. The highest BCUT2D eigenvalue weighted by atomic mass is 79.9. The van der Waals surface area contributed by atoms with Crippen molar-refractivity contribution in [1.29, 1.82) is 0 Å². The van der Waals surface area contributed by atoms with Crippen LogP contribution in [-0.2, 0) is 10.8 Å². The minimum Gasteiger partial charge on any atom is -0.508 e. The van der Waals surface area contributed by atoms with Gasteiger partial charge in [-0.05, 0) is 164 Å². The van der Waals surface area contributed by atoms with Crippen LogP contribution in [0.1, 0.15) is 44.5 Å². The van der Waals surface area contributed by atoms with Crippen molar-refractivity contribution < 1.29 is 20.1 Å². The molecule has 7 heteroatoms. The number of ether oxygens (including phenoxy) is 1. The number of hydrogen-bond acceptors (Lipinski definition) is 4. The van der Waals surface area contributed by atoms with Crippen molar-refractivity contribution in [3.63, 3.8) is 0 Å². The Labute approximate surface area is 427 Å². The molecule has 1 atom stereocenters. The second-order valence-electron chi connectivity index (χ2n) is 16.8. The fourth-order valence-corrected chi connectivity index (χ4v) is 11.1. The summed E-state index contributed by atoms with van der Waals surface area (Å²) in [7, 11) is 0. The Morgan fingerprint density at radius 1 is 0.275 bits per heavy atom. The van der Waals surface area contributed by atoms with Crippen molar-refractivity contribution in [2.45, 2.75) is 10.8 Å². The van der Waals surface area contributed by atoms with Crippen molar-refractivity contribution in [1.82, 2.24) is 0 Å². The highest BCUT2D eigenvalue weighted by Gasteiger charge is 2.47. The third-order valence-electron chi connectivity index (χ3n) is 12.9. The topological polar surface area (TPSA) is 69.9 Å². The summed E-state index contributed by atoms with van der Waals surface area (Å²) in [5.74, 6) is 2.34. The van der Waals surface area contributed by atoms with Crippen LogP contribution in [-0.4, -0.2) is 15.3 Å². The molecular formula is C62H43Br3O4. The predicted molar refractivity (Wildman–Crippen MR) is 289 cm³/mol. The molecule has 336 valence electrons. The van der Waals surface area contributed by atoms with E-state index in [2.05, 4.69) is 145 Å². The zero-order valence-corrected chi connectivity index (χ0v) is 41.7. The predicted octanol–water partition coefficient (Wildman–Crippen LogP) is 17.0. The molecule has 69 heavy (non-hydrogen) atoms. The number of rotatable bonds is 6. The van der Waals surface area contributed by atoms with E-state index in [-0.39, 0.29) is 17.2 Å². The summed E-state index contributed by atoms with van der Waals surface area (Å²) in [6, 6.07) is 80.5. The zero-order chi connectivity index (χ0) is 47.5. The highest BCUT2D eigenvalue weighted by Crippen LogP contribution is 2.58. The maximum Gasteiger partial charge on any atom is 0.127 e. The fraction of sp³-hybridized carbons (Fsp3) is 0.0323. The molecule has 0 radical (unpaired) electrons. The third kappa shape index (κ3) is 8.56. The fourth-order valence-electron chi connectivity index (χ4n) is 10.0. The van der Waals surface area contributed by atoms with E-state index in [1.54, 1.807) is 36.4 Å². The van der Waals surface area contributed by atoms with Crippen molar-refractivity contribution in [2.75, 3.05) is 0 Å². The van der Waals surface area contributed by atoms with E-state index in [1.807, 2.05) is 109 Å². The second-order valence-corrected chi connectivity index (χ2v) is 19.6. The summed E-state index contributed by atoms with van der Waals surface area (Å²) in [6.07, 6.45) is 0. The maximum absolute atomic E-state index is 10.0. The van der Waals surface area contributed by atoms with Crippen LogP contribution in [0.3, 0.4) is 0 Å². The molecule has 0 bridgehead atoms. The lowest BCUT2D eigenvalue weighted by Gasteiger charge is -2.34. The minimum absolute atomic E-state index is 0.241. The van der Waals surface area contributed by atoms with E-state index in [4.69, 9.17) is 4.74 Å². The number of phenols is 3. The van der Waals surface area contributed by atoms with Gasteiger partial charge >= 0.3 is 0 Å². The van der Waals surface area contributed by atoms with Gasteiger partial charge in [0.1, 0.15) is 28.7 Å². The van der Waals surface area contributed by atoms with Crippen LogP contribution in [0.2, 0.25) is 0 Å². The second kappa shape index (κ2) is 19.4. The van der Waals surface area contributed by atoms with Gasteiger partial charge in [-0.2, -0.15) is 0 Å². The Hall–Kier alpha value is -7.16. The first kappa shape index (κ1) is 45.6. The quantitative estimate of drug-likeness (QED) is 0.155. The van der Waals surface area contributed by atoms with Gasteiger partial charge < -0.3 is 20.1 Å². The van der Waals surface area contributed by atoms with Crippen LogP contribution < -0.4 is 4.74 Å². The van der Waals surface area contributed by atoms with Crippen LogP contribution >= 0.6 is 47.8 Å². The van der Waals surface area contributed by atoms with Gasteiger partial charge in [-0.15, -0.1) is 0 Å². The van der Waals surface area contributed by atoms with E-state index < -0.39 is 10.8 Å². The molecule has 0 aliphatic heterocycles.